The summed E-state index contributed by atoms with van der Waals surface area (Å²) < 4.78 is 40.1. The van der Waals surface area contributed by atoms with Crippen LogP contribution in [0.3, 0.4) is 0 Å². The lowest BCUT2D eigenvalue weighted by Crippen LogP contribution is -2.10. The molecular formula is C17H20O5S. The van der Waals surface area contributed by atoms with Gasteiger partial charge in [-0.1, -0.05) is 26.0 Å². The minimum atomic E-state index is -3.94. The lowest BCUT2D eigenvalue weighted by Gasteiger charge is -2.11. The van der Waals surface area contributed by atoms with Crippen molar-refractivity contribution in [3.63, 3.8) is 0 Å². The monoisotopic (exact) mass is 336 g/mol. The largest absolute Gasteiger partial charge is 0.493 e. The van der Waals surface area contributed by atoms with Gasteiger partial charge in [-0.3, -0.25) is 0 Å². The number of rotatable bonds is 6. The van der Waals surface area contributed by atoms with E-state index in [0.717, 1.165) is 5.56 Å². The van der Waals surface area contributed by atoms with Crippen molar-refractivity contribution in [3.8, 4) is 17.2 Å². The van der Waals surface area contributed by atoms with Gasteiger partial charge in [0.25, 0.3) is 0 Å². The Labute approximate surface area is 136 Å². The molecule has 0 aliphatic rings. The molecule has 0 aliphatic carbocycles. The van der Waals surface area contributed by atoms with E-state index in [4.69, 9.17) is 13.7 Å². The summed E-state index contributed by atoms with van der Waals surface area (Å²) in [5.74, 6) is 1.41. The van der Waals surface area contributed by atoms with E-state index >= 15 is 0 Å². The van der Waals surface area contributed by atoms with Crippen LogP contribution in [0.2, 0.25) is 0 Å². The highest BCUT2D eigenvalue weighted by Crippen LogP contribution is 2.30. The lowest BCUT2D eigenvalue weighted by molar-refractivity contribution is 0.353. The Hall–Kier alpha value is -2.21. The van der Waals surface area contributed by atoms with E-state index in [9.17, 15) is 8.42 Å². The first-order chi connectivity index (χ1) is 10.9. The topological polar surface area (TPSA) is 61.8 Å². The molecule has 0 bridgehead atoms. The van der Waals surface area contributed by atoms with Crippen molar-refractivity contribution in [1.82, 2.24) is 0 Å². The average molecular weight is 336 g/mol. The fraction of sp³-hybridized carbons (Fsp3) is 0.294. The van der Waals surface area contributed by atoms with E-state index in [-0.39, 0.29) is 10.6 Å². The first-order valence-electron chi connectivity index (χ1n) is 7.14. The summed E-state index contributed by atoms with van der Waals surface area (Å²) in [6.07, 6.45) is 0. The molecule has 0 N–H and O–H groups in total. The lowest BCUT2D eigenvalue weighted by atomic mass is 10.0. The smallest absolute Gasteiger partial charge is 0.339 e. The molecule has 0 radical (unpaired) electrons. The molecular weight excluding hydrogens is 316 g/mol. The quantitative estimate of drug-likeness (QED) is 0.754. The molecule has 0 fully saturated rings. The molecule has 2 rings (SSSR count). The molecule has 5 nitrogen and oxygen atoms in total. The molecule has 6 heteroatoms. The molecule has 23 heavy (non-hydrogen) atoms. The Morgan fingerprint density at radius 2 is 1.48 bits per heavy atom. The van der Waals surface area contributed by atoms with Crippen LogP contribution in [-0.4, -0.2) is 22.6 Å². The number of benzene rings is 2. The molecule has 124 valence electrons. The molecule has 0 aliphatic heterocycles. The van der Waals surface area contributed by atoms with Crippen molar-refractivity contribution < 1.29 is 22.1 Å². The Bertz CT molecular complexity index is 764. The summed E-state index contributed by atoms with van der Waals surface area (Å²) in [5.41, 5.74) is 1.11. The highest BCUT2D eigenvalue weighted by molar-refractivity contribution is 7.87. The summed E-state index contributed by atoms with van der Waals surface area (Å²) >= 11 is 0. The number of hydrogen-bond acceptors (Lipinski definition) is 5. The maximum atomic E-state index is 12.4. The van der Waals surface area contributed by atoms with E-state index in [1.165, 1.54) is 32.4 Å². The minimum Gasteiger partial charge on any atom is -0.493 e. The van der Waals surface area contributed by atoms with Crippen molar-refractivity contribution in [3.05, 3.63) is 48.0 Å². The Morgan fingerprint density at radius 3 is 2.00 bits per heavy atom. The predicted octanol–water partition coefficient (Wildman–Crippen LogP) is 3.59. The minimum absolute atomic E-state index is 0.00286. The molecule has 0 saturated heterocycles. The van der Waals surface area contributed by atoms with Gasteiger partial charge in [-0.25, -0.2) is 0 Å². The first-order valence-corrected chi connectivity index (χ1v) is 8.54. The maximum absolute atomic E-state index is 12.4. The highest BCUT2D eigenvalue weighted by atomic mass is 32.2. The van der Waals surface area contributed by atoms with Gasteiger partial charge in [0.1, 0.15) is 10.6 Å². The second-order valence-electron chi connectivity index (χ2n) is 5.28. The summed E-state index contributed by atoms with van der Waals surface area (Å²) in [6, 6.07) is 11.3. The molecule has 0 aromatic heterocycles. The molecule has 0 amide bonds. The van der Waals surface area contributed by atoms with E-state index < -0.39 is 10.1 Å². The summed E-state index contributed by atoms with van der Waals surface area (Å²) in [7, 11) is -1.01. The van der Waals surface area contributed by atoms with Crippen LogP contribution < -0.4 is 13.7 Å². The fourth-order valence-corrected chi connectivity index (χ4v) is 3.00. The summed E-state index contributed by atoms with van der Waals surface area (Å²) in [5, 5.41) is 0. The van der Waals surface area contributed by atoms with Crippen LogP contribution in [0.5, 0.6) is 17.2 Å². The van der Waals surface area contributed by atoms with Crippen molar-refractivity contribution in [2.45, 2.75) is 24.7 Å². The number of methoxy groups -OCH3 is 2. The third-order valence-electron chi connectivity index (χ3n) is 3.40. The van der Waals surface area contributed by atoms with Gasteiger partial charge in [0.15, 0.2) is 11.5 Å². The van der Waals surface area contributed by atoms with E-state index in [0.29, 0.717) is 17.4 Å². The highest BCUT2D eigenvalue weighted by Gasteiger charge is 2.19. The van der Waals surface area contributed by atoms with Crippen LogP contribution in [0.15, 0.2) is 47.4 Å². The second kappa shape index (κ2) is 6.91. The van der Waals surface area contributed by atoms with Crippen molar-refractivity contribution >= 4 is 10.1 Å². The molecule has 0 atom stereocenters. The summed E-state index contributed by atoms with van der Waals surface area (Å²) in [4.78, 5) is 0.00286. The second-order valence-corrected chi connectivity index (χ2v) is 6.82. The maximum Gasteiger partial charge on any atom is 0.339 e. The summed E-state index contributed by atoms with van der Waals surface area (Å²) in [6.45, 7) is 4.13. The zero-order valence-electron chi connectivity index (χ0n) is 13.6. The third-order valence-corrected chi connectivity index (χ3v) is 4.64. The van der Waals surface area contributed by atoms with Gasteiger partial charge in [0.2, 0.25) is 0 Å². The van der Waals surface area contributed by atoms with Gasteiger partial charge in [-0.2, -0.15) is 8.42 Å². The van der Waals surface area contributed by atoms with Gasteiger partial charge in [0.05, 0.1) is 14.2 Å². The number of hydrogen-bond donors (Lipinski definition) is 0. The molecule has 2 aromatic rings. The zero-order chi connectivity index (χ0) is 17.0. The Balaban J connectivity index is 2.28. The molecule has 0 heterocycles. The normalized spacial score (nSPS) is 11.3. The molecule has 0 spiro atoms. The average Bonchev–Trinajstić information content (AvgIpc) is 2.54. The van der Waals surface area contributed by atoms with E-state index in [1.807, 2.05) is 12.1 Å². The predicted molar refractivity (Wildman–Crippen MR) is 87.9 cm³/mol. The van der Waals surface area contributed by atoms with Gasteiger partial charge >= 0.3 is 10.1 Å². The van der Waals surface area contributed by atoms with Gasteiger partial charge in [-0.05, 0) is 35.7 Å². The van der Waals surface area contributed by atoms with Gasteiger partial charge in [-0.15, -0.1) is 0 Å². The van der Waals surface area contributed by atoms with Crippen molar-refractivity contribution in [2.75, 3.05) is 14.2 Å². The van der Waals surface area contributed by atoms with Crippen LogP contribution in [-0.2, 0) is 10.1 Å². The van der Waals surface area contributed by atoms with Gasteiger partial charge in [0, 0.05) is 6.07 Å². The van der Waals surface area contributed by atoms with E-state index in [2.05, 4.69) is 13.8 Å². The Morgan fingerprint density at radius 1 is 0.870 bits per heavy atom. The molecule has 2 aromatic carbocycles. The SMILES string of the molecule is COc1ccc(S(=O)(=O)Oc2ccc(C(C)C)cc2)cc1OC. The van der Waals surface area contributed by atoms with Crippen molar-refractivity contribution in [1.29, 1.82) is 0 Å². The van der Waals surface area contributed by atoms with Gasteiger partial charge < -0.3 is 13.7 Å². The number of ether oxygens (including phenoxy) is 2. The first kappa shape index (κ1) is 17.1. The fourth-order valence-electron chi connectivity index (χ4n) is 2.06. The van der Waals surface area contributed by atoms with Crippen molar-refractivity contribution in [2.24, 2.45) is 0 Å². The third kappa shape index (κ3) is 3.96. The Kier molecular flexibility index (Phi) is 5.15. The van der Waals surface area contributed by atoms with Crippen LogP contribution in [0.25, 0.3) is 0 Å². The molecule has 0 saturated carbocycles. The standard InChI is InChI=1S/C17H20O5S/c1-12(2)13-5-7-14(8-6-13)22-23(18,19)15-9-10-16(20-3)17(11-15)21-4/h5-12H,1-4H3. The van der Waals surface area contributed by atoms with E-state index in [1.54, 1.807) is 12.1 Å². The van der Waals surface area contributed by atoms with Crippen LogP contribution in [0.1, 0.15) is 25.3 Å². The van der Waals surface area contributed by atoms with Crippen LogP contribution >= 0.6 is 0 Å². The van der Waals surface area contributed by atoms with Crippen LogP contribution in [0, 0.1) is 0 Å². The van der Waals surface area contributed by atoms with Crippen LogP contribution in [0.4, 0.5) is 0 Å². The molecule has 0 unspecified atom stereocenters. The zero-order valence-corrected chi connectivity index (χ0v) is 14.4.